The SMILES string of the molecule is CC1CCC(Cn2c(N)nc3cc(Br)cnc32)C1. The van der Waals surface area contributed by atoms with Gasteiger partial charge in [-0.15, -0.1) is 0 Å². The molecule has 2 heterocycles. The molecule has 4 nitrogen and oxygen atoms in total. The summed E-state index contributed by atoms with van der Waals surface area (Å²) in [5.41, 5.74) is 7.78. The van der Waals surface area contributed by atoms with Crippen LogP contribution in [0.4, 0.5) is 5.95 Å². The minimum Gasteiger partial charge on any atom is -0.369 e. The Morgan fingerprint density at radius 1 is 1.50 bits per heavy atom. The van der Waals surface area contributed by atoms with E-state index in [1.165, 1.54) is 19.3 Å². The van der Waals surface area contributed by atoms with Crippen molar-refractivity contribution >= 4 is 33.0 Å². The smallest absolute Gasteiger partial charge is 0.202 e. The first-order valence-corrected chi connectivity index (χ1v) is 7.20. The van der Waals surface area contributed by atoms with E-state index < -0.39 is 0 Å². The number of rotatable bonds is 2. The molecule has 0 spiro atoms. The average molecular weight is 309 g/mol. The topological polar surface area (TPSA) is 56.7 Å². The molecular weight excluding hydrogens is 292 g/mol. The molecule has 0 aromatic carbocycles. The van der Waals surface area contributed by atoms with Crippen LogP contribution in [0.2, 0.25) is 0 Å². The Morgan fingerprint density at radius 3 is 3.06 bits per heavy atom. The van der Waals surface area contributed by atoms with Crippen molar-refractivity contribution in [3.8, 4) is 0 Å². The van der Waals surface area contributed by atoms with Crippen LogP contribution in [-0.4, -0.2) is 14.5 Å². The van der Waals surface area contributed by atoms with E-state index in [1.54, 1.807) is 6.20 Å². The third-order valence-electron chi connectivity index (χ3n) is 3.83. The molecule has 2 N–H and O–H groups in total. The summed E-state index contributed by atoms with van der Waals surface area (Å²) in [5, 5.41) is 0. The summed E-state index contributed by atoms with van der Waals surface area (Å²) in [6, 6.07) is 1.96. The van der Waals surface area contributed by atoms with Gasteiger partial charge < -0.3 is 5.73 Å². The molecule has 1 aliphatic carbocycles. The van der Waals surface area contributed by atoms with Crippen molar-refractivity contribution < 1.29 is 0 Å². The number of hydrogen-bond donors (Lipinski definition) is 1. The molecule has 3 rings (SSSR count). The van der Waals surface area contributed by atoms with Crippen LogP contribution in [0.15, 0.2) is 16.7 Å². The van der Waals surface area contributed by atoms with E-state index in [9.17, 15) is 0 Å². The zero-order valence-electron chi connectivity index (χ0n) is 10.4. The van der Waals surface area contributed by atoms with Crippen molar-refractivity contribution in [3.05, 3.63) is 16.7 Å². The van der Waals surface area contributed by atoms with Gasteiger partial charge in [0.1, 0.15) is 5.52 Å². The van der Waals surface area contributed by atoms with Gasteiger partial charge in [-0.05, 0) is 46.7 Å². The lowest BCUT2D eigenvalue weighted by Crippen LogP contribution is -2.11. The fraction of sp³-hybridized carbons (Fsp3) is 0.538. The fourth-order valence-corrected chi connectivity index (χ4v) is 3.25. The van der Waals surface area contributed by atoms with Crippen LogP contribution in [0, 0.1) is 11.8 Å². The molecule has 96 valence electrons. The van der Waals surface area contributed by atoms with Gasteiger partial charge in [0.05, 0.1) is 0 Å². The number of pyridine rings is 1. The lowest BCUT2D eigenvalue weighted by molar-refractivity contribution is 0.449. The summed E-state index contributed by atoms with van der Waals surface area (Å²) in [6.45, 7) is 3.27. The van der Waals surface area contributed by atoms with E-state index in [2.05, 4.69) is 37.4 Å². The Kier molecular flexibility index (Phi) is 3.01. The zero-order valence-corrected chi connectivity index (χ0v) is 12.0. The number of hydrogen-bond acceptors (Lipinski definition) is 3. The van der Waals surface area contributed by atoms with Gasteiger partial charge in [-0.2, -0.15) is 0 Å². The Labute approximate surface area is 115 Å². The van der Waals surface area contributed by atoms with Crippen LogP contribution in [-0.2, 0) is 6.54 Å². The van der Waals surface area contributed by atoms with Crippen molar-refractivity contribution in [2.45, 2.75) is 32.7 Å². The largest absolute Gasteiger partial charge is 0.369 e. The van der Waals surface area contributed by atoms with E-state index in [0.29, 0.717) is 11.9 Å². The second kappa shape index (κ2) is 4.53. The van der Waals surface area contributed by atoms with E-state index in [1.807, 2.05) is 6.07 Å². The number of nitrogens with zero attached hydrogens (tertiary/aromatic N) is 3. The lowest BCUT2D eigenvalue weighted by Gasteiger charge is -2.12. The quantitative estimate of drug-likeness (QED) is 0.926. The first-order valence-electron chi connectivity index (χ1n) is 6.40. The van der Waals surface area contributed by atoms with E-state index >= 15 is 0 Å². The maximum atomic E-state index is 6.01. The third-order valence-corrected chi connectivity index (χ3v) is 4.26. The van der Waals surface area contributed by atoms with E-state index in [-0.39, 0.29) is 0 Å². The molecule has 18 heavy (non-hydrogen) atoms. The van der Waals surface area contributed by atoms with Crippen LogP contribution >= 0.6 is 15.9 Å². The Bertz CT molecular complexity index is 578. The Hall–Kier alpha value is -1.10. The molecule has 2 unspecified atom stereocenters. The molecule has 0 aliphatic heterocycles. The van der Waals surface area contributed by atoms with Gasteiger partial charge in [0, 0.05) is 17.2 Å². The summed E-state index contributed by atoms with van der Waals surface area (Å²) in [4.78, 5) is 8.82. The monoisotopic (exact) mass is 308 g/mol. The van der Waals surface area contributed by atoms with Crippen LogP contribution in [0.25, 0.3) is 11.2 Å². The molecule has 0 amide bonds. The van der Waals surface area contributed by atoms with E-state index in [4.69, 9.17) is 5.73 Å². The molecule has 0 bridgehead atoms. The number of anilines is 1. The molecule has 2 aromatic heterocycles. The fourth-order valence-electron chi connectivity index (χ4n) is 2.93. The maximum absolute atomic E-state index is 6.01. The van der Waals surface area contributed by atoms with Crippen LogP contribution in [0.1, 0.15) is 26.2 Å². The van der Waals surface area contributed by atoms with Crippen LogP contribution in [0.5, 0.6) is 0 Å². The summed E-state index contributed by atoms with van der Waals surface area (Å²) in [5.74, 6) is 2.13. The second-order valence-electron chi connectivity index (χ2n) is 5.36. The molecule has 1 aliphatic rings. The highest BCUT2D eigenvalue weighted by molar-refractivity contribution is 9.10. The third kappa shape index (κ3) is 2.11. The summed E-state index contributed by atoms with van der Waals surface area (Å²) >= 11 is 3.41. The summed E-state index contributed by atoms with van der Waals surface area (Å²) < 4.78 is 3.00. The molecule has 1 saturated carbocycles. The molecule has 0 saturated heterocycles. The van der Waals surface area contributed by atoms with Gasteiger partial charge in [0.25, 0.3) is 0 Å². The maximum Gasteiger partial charge on any atom is 0.202 e. The number of nitrogen functional groups attached to an aromatic ring is 1. The molecule has 2 aromatic rings. The predicted octanol–water partition coefficient (Wildman–Crippen LogP) is 3.21. The van der Waals surface area contributed by atoms with Gasteiger partial charge in [0.2, 0.25) is 5.95 Å². The number of halogens is 1. The highest BCUT2D eigenvalue weighted by Gasteiger charge is 2.23. The van der Waals surface area contributed by atoms with Gasteiger partial charge in [-0.3, -0.25) is 4.57 Å². The van der Waals surface area contributed by atoms with Gasteiger partial charge >= 0.3 is 0 Å². The molecular formula is C13H17BrN4. The Balaban J connectivity index is 1.93. The first-order chi connectivity index (χ1) is 8.63. The van der Waals surface area contributed by atoms with Crippen molar-refractivity contribution in [2.75, 3.05) is 5.73 Å². The first kappa shape index (κ1) is 12.0. The van der Waals surface area contributed by atoms with Crippen molar-refractivity contribution in [3.63, 3.8) is 0 Å². The molecule has 5 heteroatoms. The van der Waals surface area contributed by atoms with Gasteiger partial charge in [0.15, 0.2) is 5.65 Å². The normalized spacial score (nSPS) is 23.9. The second-order valence-corrected chi connectivity index (χ2v) is 6.28. The number of aromatic nitrogens is 3. The molecule has 0 radical (unpaired) electrons. The van der Waals surface area contributed by atoms with Crippen molar-refractivity contribution in [1.29, 1.82) is 0 Å². The standard InChI is InChI=1S/C13H17BrN4/c1-8-2-3-9(4-8)7-18-12-11(17-13(18)15)5-10(14)6-16-12/h5-6,8-9H,2-4,7H2,1H3,(H2,15,17). The average Bonchev–Trinajstić information content (AvgIpc) is 2.84. The number of fused-ring (bicyclic) bond motifs is 1. The van der Waals surface area contributed by atoms with Crippen molar-refractivity contribution in [1.82, 2.24) is 14.5 Å². The molecule has 2 atom stereocenters. The summed E-state index contributed by atoms with van der Waals surface area (Å²) in [6.07, 6.45) is 5.71. The zero-order chi connectivity index (χ0) is 12.7. The molecule has 1 fully saturated rings. The summed E-state index contributed by atoms with van der Waals surface area (Å²) in [7, 11) is 0. The lowest BCUT2D eigenvalue weighted by atomic mass is 10.1. The van der Waals surface area contributed by atoms with Gasteiger partial charge in [-0.1, -0.05) is 13.3 Å². The highest BCUT2D eigenvalue weighted by atomic mass is 79.9. The number of imidazole rings is 1. The van der Waals surface area contributed by atoms with Crippen LogP contribution < -0.4 is 5.73 Å². The number of nitrogens with two attached hydrogens (primary N) is 1. The van der Waals surface area contributed by atoms with Crippen molar-refractivity contribution in [2.24, 2.45) is 11.8 Å². The van der Waals surface area contributed by atoms with E-state index in [0.717, 1.165) is 28.1 Å². The minimum atomic E-state index is 0.579. The highest BCUT2D eigenvalue weighted by Crippen LogP contribution is 2.32. The van der Waals surface area contributed by atoms with Crippen LogP contribution in [0.3, 0.4) is 0 Å². The van der Waals surface area contributed by atoms with Gasteiger partial charge in [-0.25, -0.2) is 9.97 Å². The minimum absolute atomic E-state index is 0.579. The predicted molar refractivity (Wildman–Crippen MR) is 76.1 cm³/mol. The Morgan fingerprint density at radius 2 is 2.33 bits per heavy atom.